The molecule has 0 aliphatic carbocycles. The number of anilines is 1. The Kier molecular flexibility index (Phi) is 7.17. The van der Waals surface area contributed by atoms with Crippen molar-refractivity contribution < 1.29 is 37.3 Å². The van der Waals surface area contributed by atoms with Gasteiger partial charge in [-0.3, -0.25) is 19.5 Å². The minimum Gasteiger partial charge on any atom is -0.507 e. The van der Waals surface area contributed by atoms with Crippen LogP contribution in [0.25, 0.3) is 5.76 Å². The number of hydrogen-bond acceptors (Lipinski definition) is 6. The summed E-state index contributed by atoms with van der Waals surface area (Å²) in [7, 11) is 1.54. The molecule has 1 fully saturated rings. The van der Waals surface area contributed by atoms with Crippen molar-refractivity contribution in [1.82, 2.24) is 4.98 Å². The third-order valence-electron chi connectivity index (χ3n) is 6.25. The van der Waals surface area contributed by atoms with Gasteiger partial charge >= 0.3 is 6.36 Å². The van der Waals surface area contributed by atoms with Gasteiger partial charge in [0.2, 0.25) is 0 Å². The Balaban J connectivity index is 1.89. The maximum Gasteiger partial charge on any atom is 0.573 e. The zero-order chi connectivity index (χ0) is 27.8. The van der Waals surface area contributed by atoms with Gasteiger partial charge in [-0.05, 0) is 72.0 Å². The largest absolute Gasteiger partial charge is 0.573 e. The average Bonchev–Trinajstić information content (AvgIpc) is 3.13. The fourth-order valence-electron chi connectivity index (χ4n) is 4.49. The van der Waals surface area contributed by atoms with Crippen LogP contribution in [0.5, 0.6) is 11.5 Å². The summed E-state index contributed by atoms with van der Waals surface area (Å²) in [6.07, 6.45) is -1.91. The molecule has 1 atom stereocenters. The highest BCUT2D eigenvalue weighted by molar-refractivity contribution is 6.51. The van der Waals surface area contributed by atoms with Crippen LogP contribution in [0.4, 0.5) is 18.9 Å². The average molecular weight is 527 g/mol. The molecule has 7 nitrogen and oxygen atoms in total. The number of aryl methyl sites for hydroxylation is 1. The quantitative estimate of drug-likeness (QED) is 0.239. The SMILES string of the molecule is COc1cc(C)c(/C(O)=C2\C(=O)C(=O)N(c3ccc(OC(F)(F)F)cc3)C2c2cccnc2)cc1C(C)C. The van der Waals surface area contributed by atoms with Crippen molar-refractivity contribution in [3.8, 4) is 11.5 Å². The Labute approximate surface area is 217 Å². The number of benzene rings is 2. The van der Waals surface area contributed by atoms with E-state index in [1.807, 2.05) is 13.8 Å². The van der Waals surface area contributed by atoms with Gasteiger partial charge in [0.15, 0.2) is 0 Å². The minimum atomic E-state index is -4.88. The van der Waals surface area contributed by atoms with E-state index in [-0.39, 0.29) is 22.9 Å². The summed E-state index contributed by atoms with van der Waals surface area (Å²) in [6, 6.07) is 10.2. The Morgan fingerprint density at radius 2 is 1.79 bits per heavy atom. The number of pyridine rings is 1. The van der Waals surface area contributed by atoms with E-state index in [0.29, 0.717) is 22.4 Å². The van der Waals surface area contributed by atoms with Crippen LogP contribution < -0.4 is 14.4 Å². The van der Waals surface area contributed by atoms with Crippen molar-refractivity contribution >= 4 is 23.1 Å². The summed E-state index contributed by atoms with van der Waals surface area (Å²) in [5.41, 5.74) is 2.18. The second kappa shape index (κ2) is 10.2. The lowest BCUT2D eigenvalue weighted by Crippen LogP contribution is -2.29. The molecular formula is C28H25F3N2O5. The molecule has 4 rings (SSSR count). The second-order valence-electron chi connectivity index (χ2n) is 9.06. The topological polar surface area (TPSA) is 89.0 Å². The molecule has 1 N–H and O–H groups in total. The molecule has 1 aliphatic rings. The number of methoxy groups -OCH3 is 1. The summed E-state index contributed by atoms with van der Waals surface area (Å²) >= 11 is 0. The molecule has 1 amide bonds. The van der Waals surface area contributed by atoms with Gasteiger partial charge in [0, 0.05) is 23.6 Å². The fourth-order valence-corrected chi connectivity index (χ4v) is 4.49. The van der Waals surface area contributed by atoms with Crippen molar-refractivity contribution in [2.45, 2.75) is 39.1 Å². The van der Waals surface area contributed by atoms with E-state index in [0.717, 1.165) is 22.6 Å². The molecule has 0 saturated carbocycles. The van der Waals surface area contributed by atoms with Crippen molar-refractivity contribution in [2.75, 3.05) is 12.0 Å². The standard InChI is InChI=1S/C28H25F3N2O5/c1-15(2)20-13-21(16(3)12-22(20)37-4)25(34)23-24(17-6-5-11-32-14-17)33(27(36)26(23)35)18-7-9-19(10-8-18)38-28(29,30)31/h5-15,24,34H,1-4H3/b25-23+. The number of ketones is 1. The molecule has 1 unspecified atom stereocenters. The van der Waals surface area contributed by atoms with E-state index in [1.54, 1.807) is 38.3 Å². The van der Waals surface area contributed by atoms with E-state index < -0.39 is 29.8 Å². The lowest BCUT2D eigenvalue weighted by atomic mass is 9.91. The molecule has 38 heavy (non-hydrogen) atoms. The van der Waals surface area contributed by atoms with Crippen molar-refractivity contribution in [1.29, 1.82) is 0 Å². The molecule has 0 radical (unpaired) electrons. The molecule has 2 aromatic carbocycles. The zero-order valence-corrected chi connectivity index (χ0v) is 21.0. The Morgan fingerprint density at radius 3 is 2.34 bits per heavy atom. The highest BCUT2D eigenvalue weighted by Gasteiger charge is 2.47. The summed E-state index contributed by atoms with van der Waals surface area (Å²) in [6.45, 7) is 5.66. The number of halogens is 3. The third kappa shape index (κ3) is 5.06. The van der Waals surface area contributed by atoms with Gasteiger partial charge in [-0.1, -0.05) is 19.9 Å². The first-order valence-electron chi connectivity index (χ1n) is 11.7. The van der Waals surface area contributed by atoms with Crippen LogP contribution in [0, 0.1) is 6.92 Å². The van der Waals surface area contributed by atoms with E-state index in [2.05, 4.69) is 9.72 Å². The van der Waals surface area contributed by atoms with E-state index >= 15 is 0 Å². The first-order valence-corrected chi connectivity index (χ1v) is 11.7. The maximum atomic E-state index is 13.4. The number of carbonyl (C=O) groups is 2. The van der Waals surface area contributed by atoms with Gasteiger partial charge in [0.25, 0.3) is 11.7 Å². The summed E-state index contributed by atoms with van der Waals surface area (Å²) < 4.78 is 47.3. The van der Waals surface area contributed by atoms with Gasteiger partial charge in [-0.2, -0.15) is 0 Å². The van der Waals surface area contributed by atoms with Crippen LogP contribution in [0.1, 0.15) is 48.1 Å². The van der Waals surface area contributed by atoms with Gasteiger partial charge in [0.1, 0.15) is 17.3 Å². The number of nitrogens with zero attached hydrogens (tertiary/aromatic N) is 2. The Bertz CT molecular complexity index is 1400. The number of hydrogen-bond donors (Lipinski definition) is 1. The van der Waals surface area contributed by atoms with E-state index in [4.69, 9.17) is 4.74 Å². The minimum absolute atomic E-state index is 0.0334. The van der Waals surface area contributed by atoms with Crippen LogP contribution in [0.15, 0.2) is 66.5 Å². The number of alkyl halides is 3. The van der Waals surface area contributed by atoms with E-state index in [1.165, 1.54) is 24.5 Å². The lowest BCUT2D eigenvalue weighted by Gasteiger charge is -2.25. The molecule has 0 spiro atoms. The number of rotatable bonds is 6. The first-order chi connectivity index (χ1) is 17.9. The number of amides is 1. The monoisotopic (exact) mass is 526 g/mol. The van der Waals surface area contributed by atoms with Crippen molar-refractivity contribution in [3.05, 3.63) is 88.8 Å². The smallest absolute Gasteiger partial charge is 0.507 e. The molecule has 198 valence electrons. The predicted octanol–water partition coefficient (Wildman–Crippen LogP) is 6.05. The van der Waals surface area contributed by atoms with Crippen LogP contribution in [-0.2, 0) is 9.59 Å². The lowest BCUT2D eigenvalue weighted by molar-refractivity contribution is -0.274. The van der Waals surface area contributed by atoms with Crippen molar-refractivity contribution in [3.63, 3.8) is 0 Å². The Morgan fingerprint density at radius 1 is 1.11 bits per heavy atom. The number of aromatic nitrogens is 1. The molecule has 1 saturated heterocycles. The number of aliphatic hydroxyl groups is 1. The van der Waals surface area contributed by atoms with Crippen molar-refractivity contribution in [2.24, 2.45) is 0 Å². The fraction of sp³-hybridized carbons (Fsp3) is 0.250. The number of Topliss-reactive ketones (excluding diaryl/α,β-unsaturated/α-hetero) is 1. The van der Waals surface area contributed by atoms with Crippen LogP contribution >= 0.6 is 0 Å². The maximum absolute atomic E-state index is 13.4. The number of aliphatic hydroxyl groups excluding tert-OH is 1. The molecule has 1 aliphatic heterocycles. The van der Waals surface area contributed by atoms with Crippen LogP contribution in [-0.4, -0.2) is 35.3 Å². The zero-order valence-electron chi connectivity index (χ0n) is 21.0. The summed E-state index contributed by atoms with van der Waals surface area (Å²) in [4.78, 5) is 31.9. The van der Waals surface area contributed by atoms with Gasteiger partial charge in [0.05, 0.1) is 18.7 Å². The van der Waals surface area contributed by atoms with E-state index in [9.17, 15) is 27.9 Å². The molecule has 2 heterocycles. The summed E-state index contributed by atoms with van der Waals surface area (Å²) in [5, 5.41) is 11.5. The van der Waals surface area contributed by atoms with Crippen LogP contribution in [0.3, 0.4) is 0 Å². The van der Waals surface area contributed by atoms with Gasteiger partial charge in [-0.15, -0.1) is 13.2 Å². The highest BCUT2D eigenvalue weighted by Crippen LogP contribution is 2.43. The normalized spacial score (nSPS) is 17.3. The van der Waals surface area contributed by atoms with Gasteiger partial charge < -0.3 is 14.6 Å². The molecule has 10 heteroatoms. The molecular weight excluding hydrogens is 501 g/mol. The molecule has 1 aromatic heterocycles. The third-order valence-corrected chi connectivity index (χ3v) is 6.25. The molecule has 3 aromatic rings. The molecule has 0 bridgehead atoms. The highest BCUT2D eigenvalue weighted by atomic mass is 19.4. The van der Waals surface area contributed by atoms with Gasteiger partial charge in [-0.25, -0.2) is 0 Å². The number of ether oxygens (including phenoxy) is 2. The Hall–Kier alpha value is -4.34. The summed E-state index contributed by atoms with van der Waals surface area (Å²) in [5.74, 6) is -2.08. The number of carbonyl (C=O) groups excluding carboxylic acids is 2. The first kappa shape index (κ1) is 26.7. The van der Waals surface area contributed by atoms with Crippen LogP contribution in [0.2, 0.25) is 0 Å². The second-order valence-corrected chi connectivity index (χ2v) is 9.06. The predicted molar refractivity (Wildman–Crippen MR) is 134 cm³/mol.